The second-order valence-electron chi connectivity index (χ2n) is 8.37. The van der Waals surface area contributed by atoms with Crippen LogP contribution in [-0.2, 0) is 21.3 Å². The Hall–Kier alpha value is -2.90. The molecule has 1 aromatic carbocycles. The summed E-state index contributed by atoms with van der Waals surface area (Å²) in [5.74, 6) is -0.634. The number of unbranched alkanes of at least 4 members (excludes halogenated alkanes) is 1. The van der Waals surface area contributed by atoms with Crippen LogP contribution in [0.3, 0.4) is 0 Å². The van der Waals surface area contributed by atoms with Gasteiger partial charge in [-0.05, 0) is 49.9 Å². The van der Waals surface area contributed by atoms with Crippen LogP contribution >= 0.6 is 0 Å². The molecule has 1 saturated heterocycles. The number of hydrogen-bond donors (Lipinski definition) is 0. The van der Waals surface area contributed by atoms with Crippen molar-refractivity contribution in [2.45, 2.75) is 37.6 Å². The van der Waals surface area contributed by atoms with Gasteiger partial charge in [0.2, 0.25) is 0 Å². The fourth-order valence-electron chi connectivity index (χ4n) is 3.55. The maximum Gasteiger partial charge on any atom is 0.573 e. The summed E-state index contributed by atoms with van der Waals surface area (Å²) in [5.41, 5.74) is 0.755. The number of ether oxygens (including phenoxy) is 2. The maximum absolute atomic E-state index is 12.9. The van der Waals surface area contributed by atoms with E-state index in [1.54, 1.807) is 6.07 Å². The normalized spacial score (nSPS) is 16.2. The van der Waals surface area contributed by atoms with Crippen molar-refractivity contribution in [1.82, 2.24) is 14.8 Å². The molecule has 9 nitrogen and oxygen atoms in total. The summed E-state index contributed by atoms with van der Waals surface area (Å²) in [7, 11) is -2.56. The van der Waals surface area contributed by atoms with Crippen molar-refractivity contribution in [1.29, 1.82) is 0 Å². The van der Waals surface area contributed by atoms with Crippen LogP contribution in [0.4, 0.5) is 13.2 Å². The number of likely N-dealkylation sites (N-methyl/N-ethyl adjacent to an activating group) is 1. The molecule has 1 aromatic heterocycles. The third-order valence-electron chi connectivity index (χ3n) is 5.48. The summed E-state index contributed by atoms with van der Waals surface area (Å²) < 4.78 is 76.0. The lowest BCUT2D eigenvalue weighted by Gasteiger charge is -2.32. The average molecular weight is 530 g/mol. The Morgan fingerprint density at radius 3 is 2.50 bits per heavy atom. The van der Waals surface area contributed by atoms with Gasteiger partial charge in [0.1, 0.15) is 5.75 Å². The molecular formula is C23H28F3N4O5S-. The van der Waals surface area contributed by atoms with Gasteiger partial charge in [0.15, 0.2) is 6.08 Å². The summed E-state index contributed by atoms with van der Waals surface area (Å²) in [4.78, 5) is 8.25. The van der Waals surface area contributed by atoms with Crippen LogP contribution in [0.15, 0.2) is 45.8 Å². The Morgan fingerprint density at radius 2 is 1.89 bits per heavy atom. The first kappa shape index (κ1) is 27.7. The highest BCUT2D eigenvalue weighted by Crippen LogP contribution is 2.33. The molecule has 36 heavy (non-hydrogen) atoms. The quantitative estimate of drug-likeness (QED) is 0.277. The number of benzene rings is 1. The number of sulfonamides is 1. The molecule has 0 bridgehead atoms. The van der Waals surface area contributed by atoms with Crippen LogP contribution < -0.4 is 9.84 Å². The van der Waals surface area contributed by atoms with E-state index in [0.717, 1.165) is 56.4 Å². The average Bonchev–Trinajstić information content (AvgIpc) is 2.80. The summed E-state index contributed by atoms with van der Waals surface area (Å²) in [6.07, 6.45) is -3.50. The van der Waals surface area contributed by atoms with Gasteiger partial charge >= 0.3 is 6.36 Å². The number of rotatable bonds is 9. The lowest BCUT2D eigenvalue weighted by molar-refractivity contribution is -0.274. The SMILES string of the molecule is CCCCO/C([O-])=N/S(=O)(=O)c1ccc(OC(F)(F)F)cc1-c1ccc(CN2CCN(C)CC2)cn1. The van der Waals surface area contributed by atoms with E-state index in [9.17, 15) is 26.7 Å². The van der Waals surface area contributed by atoms with E-state index in [2.05, 4.69) is 23.9 Å². The van der Waals surface area contributed by atoms with Crippen molar-refractivity contribution >= 4 is 16.1 Å². The maximum atomic E-state index is 12.9. The molecule has 3 rings (SSSR count). The van der Waals surface area contributed by atoms with Gasteiger partial charge in [-0.3, -0.25) is 9.88 Å². The zero-order valence-corrected chi connectivity index (χ0v) is 20.8. The highest BCUT2D eigenvalue weighted by atomic mass is 32.2. The topological polar surface area (TPSA) is 107 Å². The number of piperazine rings is 1. The van der Waals surface area contributed by atoms with Crippen molar-refractivity contribution in [3.05, 3.63) is 42.1 Å². The van der Waals surface area contributed by atoms with Crippen LogP contribution in [0, 0.1) is 0 Å². The summed E-state index contributed by atoms with van der Waals surface area (Å²) in [6, 6.07) is 5.87. The standard InChI is InChI=1S/C23H29F3N4O5S/c1-3-4-13-34-22(31)28-36(32,33)21-8-6-18(35-23(24,25)26)14-19(21)20-7-5-17(15-27-20)16-30-11-9-29(2)10-12-30/h5-8,14-15H,3-4,9-13,16H2,1-2H3,(H,28,31)/p-1. The fourth-order valence-corrected chi connectivity index (χ4v) is 4.58. The first-order valence-electron chi connectivity index (χ1n) is 11.4. The van der Waals surface area contributed by atoms with E-state index in [1.165, 1.54) is 12.3 Å². The molecule has 1 fully saturated rings. The van der Waals surface area contributed by atoms with E-state index < -0.39 is 33.1 Å². The number of aromatic nitrogens is 1. The number of halogens is 3. The lowest BCUT2D eigenvalue weighted by atomic mass is 10.1. The van der Waals surface area contributed by atoms with E-state index in [4.69, 9.17) is 4.74 Å². The van der Waals surface area contributed by atoms with Gasteiger partial charge < -0.3 is 19.5 Å². The Bertz CT molecular complexity index is 1150. The van der Waals surface area contributed by atoms with Gasteiger partial charge in [0, 0.05) is 44.5 Å². The van der Waals surface area contributed by atoms with Crippen LogP contribution in [0.25, 0.3) is 11.3 Å². The number of hydrogen-bond acceptors (Lipinski definition) is 8. The molecule has 0 N–H and O–H groups in total. The van der Waals surface area contributed by atoms with Gasteiger partial charge in [-0.25, -0.2) is 0 Å². The predicted octanol–water partition coefficient (Wildman–Crippen LogP) is 2.62. The van der Waals surface area contributed by atoms with Crippen LogP contribution in [-0.4, -0.2) is 75.5 Å². The Kier molecular flexibility index (Phi) is 9.14. The van der Waals surface area contributed by atoms with Crippen LogP contribution in [0.1, 0.15) is 25.3 Å². The molecule has 1 aliphatic heterocycles. The molecule has 2 aromatic rings. The first-order valence-corrected chi connectivity index (χ1v) is 12.8. The summed E-state index contributed by atoms with van der Waals surface area (Å²) >= 11 is 0. The second-order valence-corrected chi connectivity index (χ2v) is 9.94. The van der Waals surface area contributed by atoms with Crippen molar-refractivity contribution in [3.63, 3.8) is 0 Å². The van der Waals surface area contributed by atoms with Crippen molar-refractivity contribution < 1.29 is 36.2 Å². The molecule has 0 saturated carbocycles. The van der Waals surface area contributed by atoms with Crippen LogP contribution in [0.5, 0.6) is 5.75 Å². The third-order valence-corrected chi connectivity index (χ3v) is 6.78. The monoisotopic (exact) mass is 529 g/mol. The highest BCUT2D eigenvalue weighted by Gasteiger charge is 2.32. The third kappa shape index (κ3) is 8.07. The van der Waals surface area contributed by atoms with E-state index in [1.807, 2.05) is 14.0 Å². The minimum Gasteiger partial charge on any atom is -0.600 e. The molecule has 13 heteroatoms. The molecule has 0 spiro atoms. The molecule has 0 aliphatic carbocycles. The molecule has 198 valence electrons. The zero-order valence-electron chi connectivity index (χ0n) is 20.0. The molecule has 1 aliphatic rings. The van der Waals surface area contributed by atoms with Gasteiger partial charge in [0.25, 0.3) is 10.0 Å². The van der Waals surface area contributed by atoms with Gasteiger partial charge in [-0.1, -0.05) is 19.4 Å². The molecule has 0 amide bonds. The molecule has 0 unspecified atom stereocenters. The van der Waals surface area contributed by atoms with E-state index in [-0.39, 0.29) is 17.9 Å². The Balaban J connectivity index is 1.92. The van der Waals surface area contributed by atoms with Gasteiger partial charge in [-0.15, -0.1) is 17.6 Å². The Labute approximate surface area is 208 Å². The molecule has 0 atom stereocenters. The van der Waals surface area contributed by atoms with Gasteiger partial charge in [0.05, 0.1) is 10.6 Å². The minimum atomic E-state index is -4.98. The number of pyridine rings is 1. The largest absolute Gasteiger partial charge is 0.600 e. The fraction of sp³-hybridized carbons (Fsp3) is 0.478. The first-order chi connectivity index (χ1) is 17.0. The number of alkyl halides is 3. The smallest absolute Gasteiger partial charge is 0.573 e. The van der Waals surface area contributed by atoms with Crippen molar-refractivity contribution in [2.24, 2.45) is 4.40 Å². The predicted molar refractivity (Wildman–Crippen MR) is 125 cm³/mol. The van der Waals surface area contributed by atoms with Crippen molar-refractivity contribution in [2.75, 3.05) is 39.8 Å². The lowest BCUT2D eigenvalue weighted by Crippen LogP contribution is -2.43. The zero-order chi connectivity index (χ0) is 26.3. The van der Waals surface area contributed by atoms with Crippen molar-refractivity contribution in [3.8, 4) is 17.0 Å². The Morgan fingerprint density at radius 1 is 1.17 bits per heavy atom. The van der Waals surface area contributed by atoms with Gasteiger partial charge in [-0.2, -0.15) is 8.42 Å². The molecule has 0 radical (unpaired) electrons. The minimum absolute atomic E-state index is 0.00407. The molecular weight excluding hydrogens is 501 g/mol. The highest BCUT2D eigenvalue weighted by molar-refractivity contribution is 7.90. The second kappa shape index (κ2) is 11.9. The summed E-state index contributed by atoms with van der Waals surface area (Å²) in [5, 5.41) is 11.9. The van der Waals surface area contributed by atoms with E-state index >= 15 is 0 Å². The molecule has 2 heterocycles. The van der Waals surface area contributed by atoms with Crippen LogP contribution in [0.2, 0.25) is 0 Å². The van der Waals surface area contributed by atoms with E-state index in [0.29, 0.717) is 13.0 Å². The summed E-state index contributed by atoms with van der Waals surface area (Å²) in [6.45, 7) is 6.12. The number of nitrogens with zero attached hydrogens (tertiary/aromatic N) is 4.